The largest absolute Gasteiger partial charge is 0.477 e. The van der Waals surface area contributed by atoms with Gasteiger partial charge in [0.2, 0.25) is 0 Å². The fraction of sp³-hybridized carbons (Fsp3) is 0.286. The number of carboxylic acid groups (broad SMARTS) is 1. The molecule has 1 heterocycles. The minimum Gasteiger partial charge on any atom is -0.477 e. The monoisotopic (exact) mass is 387 g/mol. The first-order chi connectivity index (χ1) is 12.4. The zero-order chi connectivity index (χ0) is 19.3. The van der Waals surface area contributed by atoms with E-state index in [1.807, 2.05) is 38.1 Å². The molecule has 0 saturated heterocycles. The first-order valence-corrected chi connectivity index (χ1v) is 10.3. The van der Waals surface area contributed by atoms with Gasteiger partial charge in [0.25, 0.3) is 0 Å². The van der Waals surface area contributed by atoms with Gasteiger partial charge in [-0.2, -0.15) is 0 Å². The number of benzene rings is 2. The van der Waals surface area contributed by atoms with Crippen molar-refractivity contribution >= 4 is 45.0 Å². The van der Waals surface area contributed by atoms with Crippen molar-refractivity contribution in [3.8, 4) is 0 Å². The molecule has 138 valence electrons. The molecule has 0 atom stereocenters. The van der Waals surface area contributed by atoms with E-state index < -0.39 is 5.97 Å². The van der Waals surface area contributed by atoms with Crippen molar-refractivity contribution in [1.29, 1.82) is 0 Å². The molecular weight excluding hydrogens is 362 g/mol. The van der Waals surface area contributed by atoms with Gasteiger partial charge in [0.1, 0.15) is 4.88 Å². The first-order valence-electron chi connectivity index (χ1n) is 8.64. The Labute approximate surface area is 163 Å². The van der Waals surface area contributed by atoms with E-state index in [0.717, 1.165) is 15.0 Å². The van der Waals surface area contributed by atoms with Gasteiger partial charge in [-0.15, -0.1) is 11.3 Å². The molecule has 1 aromatic heterocycles. The number of fused-ring (bicyclic) bond motifs is 1. The lowest BCUT2D eigenvalue weighted by Gasteiger charge is -2.19. The second-order valence-corrected chi connectivity index (χ2v) is 8.52. The third-order valence-corrected chi connectivity index (χ3v) is 5.75. The maximum atomic E-state index is 11.5. The van der Waals surface area contributed by atoms with Gasteiger partial charge in [-0.3, -0.25) is 0 Å². The summed E-state index contributed by atoms with van der Waals surface area (Å²) in [6, 6.07) is 16.1. The standard InChI is InChI=1S/C19H19NO2S2.C2H6/c1-19(2,3)12-8-10-13(11-9-12)24-20-16-14-6-4-5-7-15(14)23-17(16)18(21)22;1-2/h4-11,20H,1-3H3,(H,21,22);1-2H3. The first kappa shape index (κ1) is 20.3. The number of rotatable bonds is 4. The van der Waals surface area contributed by atoms with Crippen LogP contribution in [0.1, 0.15) is 49.9 Å². The molecule has 0 aliphatic carbocycles. The van der Waals surface area contributed by atoms with Crippen LogP contribution in [0, 0.1) is 0 Å². The van der Waals surface area contributed by atoms with E-state index in [1.54, 1.807) is 0 Å². The summed E-state index contributed by atoms with van der Waals surface area (Å²) in [6.45, 7) is 10.6. The lowest BCUT2D eigenvalue weighted by molar-refractivity contribution is 0.0703. The number of hydrogen-bond acceptors (Lipinski definition) is 4. The van der Waals surface area contributed by atoms with Crippen LogP contribution in [0.15, 0.2) is 53.4 Å². The molecule has 0 radical (unpaired) electrons. The average Bonchev–Trinajstić information content (AvgIpc) is 3.00. The van der Waals surface area contributed by atoms with Crippen molar-refractivity contribution in [3.63, 3.8) is 0 Å². The summed E-state index contributed by atoms with van der Waals surface area (Å²) in [4.78, 5) is 12.9. The van der Waals surface area contributed by atoms with Crippen LogP contribution in [-0.2, 0) is 5.41 Å². The normalized spacial score (nSPS) is 11.0. The second-order valence-electron chi connectivity index (χ2n) is 6.59. The fourth-order valence-corrected chi connectivity index (χ4v) is 4.20. The lowest BCUT2D eigenvalue weighted by Crippen LogP contribution is -2.10. The van der Waals surface area contributed by atoms with Crippen molar-refractivity contribution < 1.29 is 9.90 Å². The Kier molecular flexibility index (Phi) is 6.73. The molecule has 0 aliphatic rings. The number of hydrogen-bond donors (Lipinski definition) is 2. The van der Waals surface area contributed by atoms with Gasteiger partial charge in [0.05, 0.1) is 5.69 Å². The van der Waals surface area contributed by atoms with Crippen molar-refractivity contribution in [2.75, 3.05) is 4.72 Å². The zero-order valence-corrected chi connectivity index (χ0v) is 17.4. The second kappa shape index (κ2) is 8.60. The average molecular weight is 388 g/mol. The molecule has 2 aromatic carbocycles. The molecule has 0 saturated carbocycles. The molecular formula is C21H25NO2S2. The maximum Gasteiger partial charge on any atom is 0.348 e. The van der Waals surface area contributed by atoms with Gasteiger partial charge < -0.3 is 9.83 Å². The summed E-state index contributed by atoms with van der Waals surface area (Å²) in [7, 11) is 0. The van der Waals surface area contributed by atoms with Crippen LogP contribution in [0.25, 0.3) is 10.1 Å². The summed E-state index contributed by atoms with van der Waals surface area (Å²) in [6.07, 6.45) is 0. The number of anilines is 1. The zero-order valence-electron chi connectivity index (χ0n) is 15.8. The minimum atomic E-state index is -0.901. The third-order valence-electron chi connectivity index (χ3n) is 3.78. The minimum absolute atomic E-state index is 0.122. The molecule has 0 unspecified atom stereocenters. The van der Waals surface area contributed by atoms with E-state index in [1.165, 1.54) is 28.8 Å². The van der Waals surface area contributed by atoms with E-state index in [2.05, 4.69) is 49.8 Å². The molecule has 0 amide bonds. The van der Waals surface area contributed by atoms with E-state index in [-0.39, 0.29) is 5.41 Å². The fourth-order valence-electron chi connectivity index (χ4n) is 2.43. The highest BCUT2D eigenvalue weighted by molar-refractivity contribution is 8.00. The Morgan fingerprint density at radius 2 is 1.65 bits per heavy atom. The Morgan fingerprint density at radius 3 is 2.23 bits per heavy atom. The predicted octanol–water partition coefficient (Wildman–Crippen LogP) is 7.04. The van der Waals surface area contributed by atoms with Gasteiger partial charge in [-0.05, 0) is 41.1 Å². The van der Waals surface area contributed by atoms with E-state index >= 15 is 0 Å². The highest BCUT2D eigenvalue weighted by atomic mass is 32.2. The smallest absolute Gasteiger partial charge is 0.348 e. The molecule has 26 heavy (non-hydrogen) atoms. The number of thiophene rings is 1. The van der Waals surface area contributed by atoms with E-state index in [0.29, 0.717) is 10.6 Å². The quantitative estimate of drug-likeness (QED) is 0.471. The molecule has 3 aromatic rings. The van der Waals surface area contributed by atoms with Crippen molar-refractivity contribution in [2.24, 2.45) is 0 Å². The van der Waals surface area contributed by atoms with Gasteiger partial charge >= 0.3 is 5.97 Å². The van der Waals surface area contributed by atoms with E-state index in [4.69, 9.17) is 0 Å². The van der Waals surface area contributed by atoms with Gasteiger partial charge in [0.15, 0.2) is 0 Å². The molecule has 0 spiro atoms. The molecule has 3 rings (SSSR count). The Hall–Kier alpha value is -1.98. The summed E-state index contributed by atoms with van der Waals surface area (Å²) in [5.74, 6) is -0.901. The summed E-state index contributed by atoms with van der Waals surface area (Å²) in [5, 5.41) is 10.4. The molecule has 0 fully saturated rings. The van der Waals surface area contributed by atoms with Crippen LogP contribution in [0.5, 0.6) is 0 Å². The van der Waals surface area contributed by atoms with Crippen LogP contribution in [-0.4, -0.2) is 11.1 Å². The Balaban J connectivity index is 0.00000117. The number of carboxylic acids is 1. The maximum absolute atomic E-state index is 11.5. The van der Waals surface area contributed by atoms with Crippen molar-refractivity contribution in [1.82, 2.24) is 0 Å². The van der Waals surface area contributed by atoms with Crippen LogP contribution in [0.2, 0.25) is 0 Å². The highest BCUT2D eigenvalue weighted by Crippen LogP contribution is 2.38. The van der Waals surface area contributed by atoms with Gasteiger partial charge in [-0.25, -0.2) is 4.79 Å². The summed E-state index contributed by atoms with van der Waals surface area (Å²) in [5.41, 5.74) is 2.07. The molecule has 3 nitrogen and oxygen atoms in total. The molecule has 2 N–H and O–H groups in total. The van der Waals surface area contributed by atoms with Crippen LogP contribution in [0.3, 0.4) is 0 Å². The van der Waals surface area contributed by atoms with Crippen LogP contribution >= 0.6 is 23.3 Å². The van der Waals surface area contributed by atoms with Crippen LogP contribution in [0.4, 0.5) is 5.69 Å². The van der Waals surface area contributed by atoms with Crippen molar-refractivity contribution in [2.45, 2.75) is 44.9 Å². The SMILES string of the molecule is CC.CC(C)(C)c1ccc(SNc2c(C(=O)O)sc3ccccc23)cc1. The number of carbonyl (C=O) groups is 1. The lowest BCUT2D eigenvalue weighted by atomic mass is 9.87. The third kappa shape index (κ3) is 4.59. The Morgan fingerprint density at radius 1 is 1.04 bits per heavy atom. The summed E-state index contributed by atoms with van der Waals surface area (Å²) < 4.78 is 4.21. The van der Waals surface area contributed by atoms with Crippen molar-refractivity contribution in [3.05, 3.63) is 59.0 Å². The topological polar surface area (TPSA) is 49.3 Å². The summed E-state index contributed by atoms with van der Waals surface area (Å²) >= 11 is 2.73. The molecule has 5 heteroatoms. The highest BCUT2D eigenvalue weighted by Gasteiger charge is 2.18. The number of nitrogens with one attached hydrogen (secondary N) is 1. The number of aromatic carboxylic acids is 1. The molecule has 0 bridgehead atoms. The molecule has 0 aliphatic heterocycles. The van der Waals surface area contributed by atoms with Gasteiger partial charge in [-0.1, -0.05) is 65.0 Å². The van der Waals surface area contributed by atoms with Crippen LogP contribution < -0.4 is 4.72 Å². The Bertz CT molecular complexity index is 877. The van der Waals surface area contributed by atoms with Gasteiger partial charge in [0, 0.05) is 15.0 Å². The predicted molar refractivity (Wildman–Crippen MR) is 115 cm³/mol. The van der Waals surface area contributed by atoms with E-state index in [9.17, 15) is 9.90 Å².